The first-order valence-electron chi connectivity index (χ1n) is 17.4. The van der Waals surface area contributed by atoms with Gasteiger partial charge in [-0.05, 0) is 46.5 Å². The number of aromatic nitrogens is 2. The molecule has 5 heteroatoms. The summed E-state index contributed by atoms with van der Waals surface area (Å²) in [6, 6.07) is 62.3. The molecule has 2 heterocycles. The Labute approximate surface area is 303 Å². The van der Waals surface area contributed by atoms with E-state index in [4.69, 9.17) is 20.4 Å². The number of nitrogens with two attached hydrogens (primary N) is 1. The molecular weight excluding hydrogens is 637 g/mol. The van der Waals surface area contributed by atoms with Gasteiger partial charge in [0.2, 0.25) is 0 Å². The average molecular weight is 671 g/mol. The molecule has 0 radical (unpaired) electrons. The van der Waals surface area contributed by atoms with Gasteiger partial charge < -0.3 is 15.8 Å². The Morgan fingerprint density at radius 3 is 1.60 bits per heavy atom. The number of ether oxygens (including phenoxy) is 1. The maximum Gasteiger partial charge on any atom is 0.196 e. The number of benzene rings is 7. The van der Waals surface area contributed by atoms with Crippen LogP contribution >= 0.6 is 0 Å². The Balaban J connectivity index is 0.983. The second-order valence-corrected chi connectivity index (χ2v) is 12.9. The van der Waals surface area contributed by atoms with Gasteiger partial charge in [-0.15, -0.1) is 0 Å². The third-order valence-electron chi connectivity index (χ3n) is 9.55. The van der Waals surface area contributed by atoms with Gasteiger partial charge in [0.1, 0.15) is 5.75 Å². The lowest BCUT2D eigenvalue weighted by Gasteiger charge is -2.14. The van der Waals surface area contributed by atoms with Crippen LogP contribution in [0.1, 0.15) is 11.8 Å². The number of nitrogens with zero attached hydrogens (tertiary/aromatic N) is 2. The van der Waals surface area contributed by atoms with Crippen LogP contribution in [-0.2, 0) is 0 Å². The zero-order valence-electron chi connectivity index (χ0n) is 28.3. The molecule has 8 aromatic rings. The summed E-state index contributed by atoms with van der Waals surface area (Å²) >= 11 is 0. The highest BCUT2D eigenvalue weighted by Crippen LogP contribution is 2.46. The molecule has 0 spiro atoms. The lowest BCUT2D eigenvalue weighted by Crippen LogP contribution is -2.09. The van der Waals surface area contributed by atoms with Crippen molar-refractivity contribution >= 4 is 11.4 Å². The number of rotatable bonds is 7. The van der Waals surface area contributed by atoms with Crippen LogP contribution in [0.5, 0.6) is 5.75 Å². The van der Waals surface area contributed by atoms with E-state index in [1.165, 1.54) is 0 Å². The third kappa shape index (κ3) is 6.05. The molecule has 248 valence electrons. The smallest absolute Gasteiger partial charge is 0.196 e. The second kappa shape index (κ2) is 13.4. The van der Waals surface area contributed by atoms with E-state index >= 15 is 0 Å². The number of hydrogen-bond donors (Lipinski definition) is 2. The summed E-state index contributed by atoms with van der Waals surface area (Å²) in [6.45, 7) is 0. The number of anilines is 2. The SMILES string of the molecule is Nc1ccc(-c2ccc(-c3ccc(-c4cc(-c5ccccc5)nc(-c5ccccc5)n4)cc3)cc2)cc1-c1cccc2c1NC(c1ccccc1)O2. The number of hydrogen-bond acceptors (Lipinski definition) is 5. The number of para-hydroxylation sites is 1. The second-order valence-electron chi connectivity index (χ2n) is 12.9. The van der Waals surface area contributed by atoms with Crippen LogP contribution in [0.2, 0.25) is 0 Å². The van der Waals surface area contributed by atoms with Crippen molar-refractivity contribution < 1.29 is 4.74 Å². The van der Waals surface area contributed by atoms with E-state index < -0.39 is 0 Å². The van der Waals surface area contributed by atoms with Gasteiger partial charge in [-0.1, -0.05) is 158 Å². The zero-order valence-corrected chi connectivity index (χ0v) is 28.3. The lowest BCUT2D eigenvalue weighted by molar-refractivity contribution is 0.260. The molecule has 7 aromatic carbocycles. The van der Waals surface area contributed by atoms with Crippen molar-refractivity contribution in [3.63, 3.8) is 0 Å². The molecule has 0 aliphatic carbocycles. The summed E-state index contributed by atoms with van der Waals surface area (Å²) in [5.74, 6) is 1.53. The molecule has 9 rings (SSSR count). The summed E-state index contributed by atoms with van der Waals surface area (Å²) in [7, 11) is 0. The molecule has 1 aromatic heterocycles. The fourth-order valence-electron chi connectivity index (χ4n) is 6.80. The van der Waals surface area contributed by atoms with Crippen molar-refractivity contribution in [2.45, 2.75) is 6.23 Å². The van der Waals surface area contributed by atoms with Crippen LogP contribution in [-0.4, -0.2) is 9.97 Å². The standard InChI is InChI=1S/C47H34N4O/c48-41-28-27-38(29-40(41)39-17-10-18-44-45(39)51-47(52-44)37-15-8-3-9-16-37)33-21-19-31(20-22-33)32-23-25-35(26-24-32)43-30-42(34-11-4-1-5-12-34)49-46(50-43)36-13-6-2-7-14-36/h1-30,47,51H,48H2. The zero-order chi connectivity index (χ0) is 34.9. The van der Waals surface area contributed by atoms with Crippen molar-refractivity contribution in [1.82, 2.24) is 9.97 Å². The minimum Gasteiger partial charge on any atom is -0.464 e. The van der Waals surface area contributed by atoms with Crippen LogP contribution in [0.15, 0.2) is 182 Å². The number of nitrogens with one attached hydrogen (secondary N) is 1. The van der Waals surface area contributed by atoms with Crippen molar-refractivity contribution in [3.8, 4) is 73.0 Å². The summed E-state index contributed by atoms with van der Waals surface area (Å²) in [6.07, 6.45) is -0.247. The van der Waals surface area contributed by atoms with Gasteiger partial charge >= 0.3 is 0 Å². The van der Waals surface area contributed by atoms with Crippen molar-refractivity contribution in [3.05, 3.63) is 188 Å². The maximum absolute atomic E-state index is 6.59. The largest absolute Gasteiger partial charge is 0.464 e. The van der Waals surface area contributed by atoms with Crippen LogP contribution in [0.3, 0.4) is 0 Å². The highest BCUT2D eigenvalue weighted by atomic mass is 16.5. The third-order valence-corrected chi connectivity index (χ3v) is 9.55. The van der Waals surface area contributed by atoms with Crippen LogP contribution in [0.25, 0.3) is 67.3 Å². The normalized spacial score (nSPS) is 13.2. The molecule has 5 nitrogen and oxygen atoms in total. The van der Waals surface area contributed by atoms with Gasteiger partial charge in [-0.2, -0.15) is 0 Å². The molecule has 1 aliphatic rings. The van der Waals surface area contributed by atoms with Crippen LogP contribution in [0.4, 0.5) is 11.4 Å². The maximum atomic E-state index is 6.59. The Hall–Kier alpha value is -6.98. The first kappa shape index (κ1) is 31.0. The van der Waals surface area contributed by atoms with Gasteiger partial charge in [0.25, 0.3) is 0 Å². The number of nitrogen functional groups attached to an aromatic ring is 1. The van der Waals surface area contributed by atoms with E-state index in [0.29, 0.717) is 11.5 Å². The highest BCUT2D eigenvalue weighted by Gasteiger charge is 2.26. The van der Waals surface area contributed by atoms with Crippen molar-refractivity contribution in [1.29, 1.82) is 0 Å². The van der Waals surface area contributed by atoms with E-state index in [2.05, 4.69) is 102 Å². The van der Waals surface area contributed by atoms with E-state index in [0.717, 1.165) is 78.5 Å². The molecule has 0 amide bonds. The topological polar surface area (TPSA) is 73.1 Å². The van der Waals surface area contributed by atoms with Crippen LogP contribution in [0, 0.1) is 0 Å². The molecule has 52 heavy (non-hydrogen) atoms. The lowest BCUT2D eigenvalue weighted by atomic mass is 9.95. The first-order chi connectivity index (χ1) is 25.7. The minimum atomic E-state index is -0.247. The van der Waals surface area contributed by atoms with Gasteiger partial charge in [0.05, 0.1) is 17.1 Å². The predicted octanol–water partition coefficient (Wildman–Crippen LogP) is 11.6. The molecule has 0 saturated heterocycles. The Bertz CT molecular complexity index is 2440. The monoisotopic (exact) mass is 670 g/mol. The average Bonchev–Trinajstić information content (AvgIpc) is 3.67. The molecule has 0 saturated carbocycles. The van der Waals surface area contributed by atoms with E-state index in [1.54, 1.807) is 0 Å². The van der Waals surface area contributed by atoms with Crippen LogP contribution < -0.4 is 15.8 Å². The van der Waals surface area contributed by atoms with Crippen molar-refractivity contribution in [2.24, 2.45) is 0 Å². The minimum absolute atomic E-state index is 0.247. The molecule has 3 N–H and O–H groups in total. The molecule has 0 bridgehead atoms. The summed E-state index contributed by atoms with van der Waals surface area (Å²) in [5.41, 5.74) is 20.7. The quantitative estimate of drug-likeness (QED) is 0.165. The Kier molecular flexibility index (Phi) is 7.99. The van der Waals surface area contributed by atoms with Gasteiger partial charge in [-0.3, -0.25) is 0 Å². The Morgan fingerprint density at radius 1 is 0.442 bits per heavy atom. The fraction of sp³-hybridized carbons (Fsp3) is 0.0213. The fourth-order valence-corrected chi connectivity index (χ4v) is 6.80. The van der Waals surface area contributed by atoms with Gasteiger partial charge in [0.15, 0.2) is 12.1 Å². The van der Waals surface area contributed by atoms with Gasteiger partial charge in [-0.25, -0.2) is 9.97 Å². The number of fused-ring (bicyclic) bond motifs is 1. The molecule has 0 fully saturated rings. The summed E-state index contributed by atoms with van der Waals surface area (Å²) in [5, 5.41) is 3.58. The molecule has 1 aliphatic heterocycles. The summed E-state index contributed by atoms with van der Waals surface area (Å²) < 4.78 is 6.29. The summed E-state index contributed by atoms with van der Waals surface area (Å²) in [4.78, 5) is 9.92. The van der Waals surface area contributed by atoms with Gasteiger partial charge in [0, 0.05) is 39.1 Å². The molecule has 1 unspecified atom stereocenters. The van der Waals surface area contributed by atoms with E-state index in [-0.39, 0.29) is 6.23 Å². The van der Waals surface area contributed by atoms with E-state index in [1.807, 2.05) is 84.9 Å². The molecular formula is C47H34N4O. The first-order valence-corrected chi connectivity index (χ1v) is 17.4. The van der Waals surface area contributed by atoms with E-state index in [9.17, 15) is 0 Å². The predicted molar refractivity (Wildman–Crippen MR) is 212 cm³/mol. The Morgan fingerprint density at radius 2 is 0.962 bits per heavy atom. The molecule has 1 atom stereocenters. The highest BCUT2D eigenvalue weighted by molar-refractivity contribution is 5.91. The van der Waals surface area contributed by atoms with Crippen molar-refractivity contribution in [2.75, 3.05) is 11.1 Å².